The van der Waals surface area contributed by atoms with Crippen molar-refractivity contribution in [1.82, 2.24) is 0 Å². The van der Waals surface area contributed by atoms with Crippen molar-refractivity contribution < 1.29 is 4.42 Å². The van der Waals surface area contributed by atoms with E-state index in [1.165, 1.54) is 44.5 Å². The molecular weight excluding hydrogens is 811 g/mol. The van der Waals surface area contributed by atoms with Gasteiger partial charge in [0, 0.05) is 38.5 Å². The molecule has 0 amide bonds. The van der Waals surface area contributed by atoms with Crippen molar-refractivity contribution in [2.75, 3.05) is 4.90 Å². The highest BCUT2D eigenvalue weighted by molar-refractivity contribution is 6.24. The van der Waals surface area contributed by atoms with Gasteiger partial charge in [0.15, 0.2) is 0 Å². The maximum Gasteiger partial charge on any atom is 0.143 e. The van der Waals surface area contributed by atoms with Crippen molar-refractivity contribution in [1.29, 1.82) is 0 Å². The highest BCUT2D eigenvalue weighted by Crippen LogP contribution is 2.58. The quantitative estimate of drug-likeness (QED) is 0.151. The van der Waals surface area contributed by atoms with E-state index in [0.717, 1.165) is 72.0 Å². The number of fused-ring (bicyclic) bond motifs is 8. The fourth-order valence-corrected chi connectivity index (χ4v) is 11.0. The minimum atomic E-state index is -0.557. The first-order chi connectivity index (χ1) is 33.3. The van der Waals surface area contributed by atoms with Crippen molar-refractivity contribution in [3.8, 4) is 44.5 Å². The highest BCUT2D eigenvalue weighted by atomic mass is 16.3. The second kappa shape index (κ2) is 15.8. The van der Waals surface area contributed by atoms with E-state index in [9.17, 15) is 0 Å². The van der Waals surface area contributed by atoms with Gasteiger partial charge in [-0.25, -0.2) is 0 Å². The van der Waals surface area contributed by atoms with Gasteiger partial charge in [0.1, 0.15) is 11.2 Å². The Balaban J connectivity index is 1.13. The molecule has 0 N–H and O–H groups in total. The van der Waals surface area contributed by atoms with Gasteiger partial charge in [-0.15, -0.1) is 0 Å². The lowest BCUT2D eigenvalue weighted by Crippen LogP contribution is -2.28. The van der Waals surface area contributed by atoms with Crippen LogP contribution in [0.4, 0.5) is 17.1 Å². The Morgan fingerprint density at radius 3 is 1.43 bits per heavy atom. The van der Waals surface area contributed by atoms with E-state index in [2.05, 4.69) is 266 Å². The Labute approximate surface area is 390 Å². The van der Waals surface area contributed by atoms with E-state index in [0.29, 0.717) is 0 Å². The van der Waals surface area contributed by atoms with Crippen LogP contribution in [0.3, 0.4) is 0 Å². The van der Waals surface area contributed by atoms with Gasteiger partial charge in [0.2, 0.25) is 0 Å². The maximum atomic E-state index is 7.23. The third-order valence-corrected chi connectivity index (χ3v) is 13.9. The van der Waals surface area contributed by atoms with Gasteiger partial charge in [0.05, 0.1) is 11.1 Å². The molecule has 12 aromatic rings. The highest BCUT2D eigenvalue weighted by Gasteiger charge is 2.46. The van der Waals surface area contributed by atoms with E-state index in [1.807, 2.05) is 0 Å². The summed E-state index contributed by atoms with van der Waals surface area (Å²) in [5, 5.41) is 4.34. The molecule has 0 fully saturated rings. The van der Waals surface area contributed by atoms with E-state index in [-0.39, 0.29) is 0 Å². The SMILES string of the molecule is c1ccc(-c2ccc(N(c3ccc4c(c3)C(c3ccccc3)(c3ccccc3)c3ccccc3-4)c3cc4c(oc5c(-c6ccccc6)ccc(-c6ccccc6)c54)c4ccccc34)cc2)cc1. The molecule has 0 atom stereocenters. The summed E-state index contributed by atoms with van der Waals surface area (Å²) in [6.07, 6.45) is 0. The second-order valence-electron chi connectivity index (χ2n) is 17.5. The Kier molecular flexibility index (Phi) is 9.11. The van der Waals surface area contributed by atoms with Crippen LogP contribution in [-0.4, -0.2) is 0 Å². The molecule has 1 aromatic heterocycles. The molecule has 0 saturated carbocycles. The molecule has 2 heteroatoms. The standard InChI is InChI=1S/C65H43NO/c1-6-20-44(21-7-1)45-34-36-50(37-35-45)66(51-38-39-55-54-30-18-19-33-59(54)65(60(55)42-51,48-26-12-4-13-27-48)49-28-14-5-15-29-49)61-43-58-62-52(46-22-8-2-9-23-46)40-41-53(47-24-10-3-11-25-47)64(62)67-63(58)57-32-17-16-31-56(57)61/h1-43H. The fourth-order valence-electron chi connectivity index (χ4n) is 11.0. The van der Waals surface area contributed by atoms with Crippen LogP contribution in [-0.2, 0) is 5.41 Å². The largest absolute Gasteiger partial charge is 0.455 e. The van der Waals surface area contributed by atoms with Crippen LogP contribution < -0.4 is 4.90 Å². The maximum absolute atomic E-state index is 7.23. The molecule has 2 nitrogen and oxygen atoms in total. The summed E-state index contributed by atoms with van der Waals surface area (Å²) in [6.45, 7) is 0. The molecule has 0 bridgehead atoms. The van der Waals surface area contributed by atoms with Gasteiger partial charge in [-0.05, 0) is 97.6 Å². The summed E-state index contributed by atoms with van der Waals surface area (Å²) < 4.78 is 7.23. The van der Waals surface area contributed by atoms with E-state index in [1.54, 1.807) is 0 Å². The fraction of sp³-hybridized carbons (Fsp3) is 0.0154. The summed E-state index contributed by atoms with van der Waals surface area (Å²) >= 11 is 0. The molecule has 0 spiro atoms. The zero-order valence-corrected chi connectivity index (χ0v) is 36.7. The Hall–Kier alpha value is -8.72. The van der Waals surface area contributed by atoms with E-state index in [4.69, 9.17) is 4.42 Å². The molecule has 11 aromatic carbocycles. The molecular formula is C65H43NO. The first-order valence-electron chi connectivity index (χ1n) is 23.1. The minimum absolute atomic E-state index is 0.557. The molecule has 0 radical (unpaired) electrons. The predicted molar refractivity (Wildman–Crippen MR) is 280 cm³/mol. The summed E-state index contributed by atoms with van der Waals surface area (Å²) in [7, 11) is 0. The number of benzene rings is 11. The molecule has 314 valence electrons. The van der Waals surface area contributed by atoms with Crippen LogP contribution >= 0.6 is 0 Å². The molecule has 1 heterocycles. The molecule has 0 unspecified atom stereocenters. The average molecular weight is 854 g/mol. The number of nitrogens with zero attached hydrogens (tertiary/aromatic N) is 1. The first kappa shape index (κ1) is 38.7. The zero-order chi connectivity index (χ0) is 44.3. The monoisotopic (exact) mass is 853 g/mol. The topological polar surface area (TPSA) is 16.4 Å². The average Bonchev–Trinajstić information content (AvgIpc) is 3.94. The van der Waals surface area contributed by atoms with Crippen molar-refractivity contribution in [2.24, 2.45) is 0 Å². The van der Waals surface area contributed by atoms with Crippen LogP contribution in [0.25, 0.3) is 77.2 Å². The normalized spacial score (nSPS) is 12.6. The molecule has 0 aliphatic heterocycles. The van der Waals surface area contributed by atoms with Gasteiger partial charge in [-0.3, -0.25) is 0 Å². The number of anilines is 3. The molecule has 0 saturated heterocycles. The molecule has 13 rings (SSSR count). The Bertz CT molecular complexity index is 3730. The van der Waals surface area contributed by atoms with E-state index < -0.39 is 5.41 Å². The molecule has 1 aliphatic rings. The number of hydrogen-bond acceptors (Lipinski definition) is 2. The van der Waals surface area contributed by atoms with Crippen molar-refractivity contribution in [3.63, 3.8) is 0 Å². The van der Waals surface area contributed by atoms with Crippen molar-refractivity contribution in [2.45, 2.75) is 5.41 Å². The van der Waals surface area contributed by atoms with Crippen molar-refractivity contribution in [3.05, 3.63) is 283 Å². The van der Waals surface area contributed by atoms with Crippen LogP contribution in [0.1, 0.15) is 22.3 Å². The first-order valence-corrected chi connectivity index (χ1v) is 23.1. The van der Waals surface area contributed by atoms with Gasteiger partial charge >= 0.3 is 0 Å². The second-order valence-corrected chi connectivity index (χ2v) is 17.5. The lowest BCUT2D eigenvalue weighted by atomic mass is 9.67. The van der Waals surface area contributed by atoms with Gasteiger partial charge in [0.25, 0.3) is 0 Å². The van der Waals surface area contributed by atoms with Crippen LogP contribution in [0.15, 0.2) is 265 Å². The Morgan fingerprint density at radius 2 is 0.776 bits per heavy atom. The summed E-state index contributed by atoms with van der Waals surface area (Å²) in [5.41, 5.74) is 18.8. The van der Waals surface area contributed by atoms with Crippen LogP contribution in [0.5, 0.6) is 0 Å². The number of furan rings is 1. The lowest BCUT2D eigenvalue weighted by molar-refractivity contribution is 0.674. The van der Waals surface area contributed by atoms with Crippen molar-refractivity contribution >= 4 is 49.8 Å². The number of rotatable bonds is 8. The lowest BCUT2D eigenvalue weighted by Gasteiger charge is -2.35. The minimum Gasteiger partial charge on any atom is -0.455 e. The van der Waals surface area contributed by atoms with Gasteiger partial charge in [-0.2, -0.15) is 0 Å². The third kappa shape index (κ3) is 6.11. The zero-order valence-electron chi connectivity index (χ0n) is 36.7. The predicted octanol–water partition coefficient (Wildman–Crippen LogP) is 17.6. The van der Waals surface area contributed by atoms with Gasteiger partial charge < -0.3 is 9.32 Å². The third-order valence-electron chi connectivity index (χ3n) is 13.9. The summed E-state index contributed by atoms with van der Waals surface area (Å²) in [4.78, 5) is 2.47. The Morgan fingerprint density at radius 1 is 0.299 bits per heavy atom. The summed E-state index contributed by atoms with van der Waals surface area (Å²) in [6, 6.07) is 94.9. The van der Waals surface area contributed by atoms with E-state index >= 15 is 0 Å². The smallest absolute Gasteiger partial charge is 0.143 e. The van der Waals surface area contributed by atoms with Crippen LogP contribution in [0, 0.1) is 0 Å². The van der Waals surface area contributed by atoms with Crippen LogP contribution in [0.2, 0.25) is 0 Å². The molecule has 67 heavy (non-hydrogen) atoms. The summed E-state index contributed by atoms with van der Waals surface area (Å²) in [5.74, 6) is 0. The molecule has 1 aliphatic carbocycles. The van der Waals surface area contributed by atoms with Gasteiger partial charge in [-0.1, -0.05) is 224 Å². The number of hydrogen-bond donors (Lipinski definition) is 0.